The lowest BCUT2D eigenvalue weighted by Crippen LogP contribution is -2.32. The van der Waals surface area contributed by atoms with Gasteiger partial charge in [0.1, 0.15) is 11.5 Å². The van der Waals surface area contributed by atoms with Crippen LogP contribution >= 0.6 is 0 Å². The van der Waals surface area contributed by atoms with Crippen LogP contribution in [0.15, 0.2) is 18.2 Å². The maximum atomic E-state index is 6.32. The Morgan fingerprint density at radius 2 is 1.83 bits per heavy atom. The topological polar surface area (TPSA) is 70.5 Å². The van der Waals surface area contributed by atoms with Crippen LogP contribution in [0.2, 0.25) is 0 Å². The Morgan fingerprint density at radius 3 is 2.28 bits per heavy atom. The number of benzene rings is 1. The van der Waals surface area contributed by atoms with Gasteiger partial charge in [-0.25, -0.2) is 0 Å². The Balaban J connectivity index is 3.07. The highest BCUT2D eigenvalue weighted by Crippen LogP contribution is 2.33. The minimum absolute atomic E-state index is 0.129. The van der Waals surface area contributed by atoms with Crippen molar-refractivity contribution in [3.63, 3.8) is 0 Å². The number of hydrogen-bond acceptors (Lipinski definition) is 4. The summed E-state index contributed by atoms with van der Waals surface area (Å²) >= 11 is 0. The zero-order valence-electron chi connectivity index (χ0n) is 11.6. The van der Waals surface area contributed by atoms with E-state index in [9.17, 15) is 0 Å². The standard InChI is InChI=1S/C14H24N2O2/c1-9(2)12(8-15)14(16)11-6-5-10(17-3)7-13(11)18-4/h5-7,9,12,14H,8,15-16H2,1-4H3. The molecule has 2 atom stereocenters. The molecule has 0 aliphatic carbocycles. The van der Waals surface area contributed by atoms with E-state index in [4.69, 9.17) is 20.9 Å². The predicted molar refractivity (Wildman–Crippen MR) is 73.9 cm³/mol. The van der Waals surface area contributed by atoms with E-state index in [1.807, 2.05) is 18.2 Å². The molecule has 0 heterocycles. The SMILES string of the molecule is COc1ccc(C(N)C(CN)C(C)C)c(OC)c1. The van der Waals surface area contributed by atoms with Crippen LogP contribution in [0.1, 0.15) is 25.5 Å². The second-order valence-electron chi connectivity index (χ2n) is 4.78. The van der Waals surface area contributed by atoms with Gasteiger partial charge in [0.15, 0.2) is 0 Å². The molecule has 0 amide bonds. The predicted octanol–water partition coefficient (Wildman–Crippen LogP) is 1.93. The molecule has 0 aliphatic heterocycles. The van der Waals surface area contributed by atoms with Gasteiger partial charge >= 0.3 is 0 Å². The smallest absolute Gasteiger partial charge is 0.127 e. The van der Waals surface area contributed by atoms with Gasteiger partial charge in [0.25, 0.3) is 0 Å². The molecule has 0 aromatic heterocycles. The molecule has 4 heteroatoms. The van der Waals surface area contributed by atoms with Gasteiger partial charge in [-0.05, 0) is 24.4 Å². The minimum atomic E-state index is -0.129. The Labute approximate surface area is 109 Å². The fourth-order valence-electron chi connectivity index (χ4n) is 2.16. The highest BCUT2D eigenvalue weighted by Gasteiger charge is 2.24. The average molecular weight is 252 g/mol. The lowest BCUT2D eigenvalue weighted by Gasteiger charge is -2.27. The van der Waals surface area contributed by atoms with Crippen molar-refractivity contribution < 1.29 is 9.47 Å². The fraction of sp³-hybridized carbons (Fsp3) is 0.571. The lowest BCUT2D eigenvalue weighted by atomic mass is 9.85. The summed E-state index contributed by atoms with van der Waals surface area (Å²) in [6.45, 7) is 4.83. The van der Waals surface area contributed by atoms with Crippen LogP contribution in [0.25, 0.3) is 0 Å². The molecule has 0 radical (unpaired) electrons. The summed E-state index contributed by atoms with van der Waals surface area (Å²) in [5.74, 6) is 2.17. The summed E-state index contributed by atoms with van der Waals surface area (Å²) in [6.07, 6.45) is 0. The van der Waals surface area contributed by atoms with Crippen LogP contribution < -0.4 is 20.9 Å². The summed E-state index contributed by atoms with van der Waals surface area (Å²) in [7, 11) is 3.27. The van der Waals surface area contributed by atoms with Crippen molar-refractivity contribution in [2.45, 2.75) is 19.9 Å². The van der Waals surface area contributed by atoms with E-state index < -0.39 is 0 Å². The van der Waals surface area contributed by atoms with Crippen molar-refractivity contribution in [2.75, 3.05) is 20.8 Å². The third-order valence-electron chi connectivity index (χ3n) is 3.39. The molecule has 4 N–H and O–H groups in total. The summed E-state index contributed by atoms with van der Waals surface area (Å²) < 4.78 is 10.6. The van der Waals surface area contributed by atoms with Crippen molar-refractivity contribution in [3.8, 4) is 11.5 Å². The number of nitrogens with two attached hydrogens (primary N) is 2. The zero-order chi connectivity index (χ0) is 13.7. The first kappa shape index (κ1) is 14.8. The molecule has 1 aromatic carbocycles. The van der Waals surface area contributed by atoms with E-state index >= 15 is 0 Å². The Morgan fingerprint density at radius 1 is 1.17 bits per heavy atom. The van der Waals surface area contributed by atoms with Gasteiger partial charge in [0.2, 0.25) is 0 Å². The first-order valence-electron chi connectivity index (χ1n) is 6.22. The molecule has 0 spiro atoms. The third-order valence-corrected chi connectivity index (χ3v) is 3.39. The van der Waals surface area contributed by atoms with E-state index in [1.165, 1.54) is 0 Å². The first-order chi connectivity index (χ1) is 8.54. The quantitative estimate of drug-likeness (QED) is 0.811. The number of hydrogen-bond donors (Lipinski definition) is 2. The van der Waals surface area contributed by atoms with Crippen LogP contribution in [0, 0.1) is 11.8 Å². The Hall–Kier alpha value is -1.26. The molecule has 1 rings (SSSR count). The minimum Gasteiger partial charge on any atom is -0.497 e. The molecule has 4 nitrogen and oxygen atoms in total. The van der Waals surface area contributed by atoms with E-state index in [1.54, 1.807) is 14.2 Å². The summed E-state index contributed by atoms with van der Waals surface area (Å²) in [4.78, 5) is 0. The maximum absolute atomic E-state index is 6.32. The molecule has 1 aromatic rings. The first-order valence-corrected chi connectivity index (χ1v) is 6.22. The summed E-state index contributed by atoms with van der Waals surface area (Å²) in [6, 6.07) is 5.57. The molecule has 2 unspecified atom stereocenters. The number of methoxy groups -OCH3 is 2. The molecule has 0 bridgehead atoms. The molecule has 0 saturated heterocycles. The van der Waals surface area contributed by atoms with Gasteiger partial charge in [-0.1, -0.05) is 19.9 Å². The maximum Gasteiger partial charge on any atom is 0.127 e. The fourth-order valence-corrected chi connectivity index (χ4v) is 2.16. The van der Waals surface area contributed by atoms with Crippen molar-refractivity contribution >= 4 is 0 Å². The zero-order valence-corrected chi connectivity index (χ0v) is 11.6. The van der Waals surface area contributed by atoms with Crippen molar-refractivity contribution in [3.05, 3.63) is 23.8 Å². The number of ether oxygens (including phenoxy) is 2. The molecular formula is C14H24N2O2. The van der Waals surface area contributed by atoms with Gasteiger partial charge in [0, 0.05) is 17.7 Å². The van der Waals surface area contributed by atoms with Crippen LogP contribution in [-0.2, 0) is 0 Å². The second-order valence-corrected chi connectivity index (χ2v) is 4.78. The van der Waals surface area contributed by atoms with Crippen molar-refractivity contribution in [1.82, 2.24) is 0 Å². The summed E-state index contributed by atoms with van der Waals surface area (Å²) in [5, 5.41) is 0. The largest absolute Gasteiger partial charge is 0.497 e. The Bertz CT molecular complexity index is 380. The van der Waals surface area contributed by atoms with Crippen molar-refractivity contribution in [2.24, 2.45) is 23.3 Å². The normalized spacial score (nSPS) is 14.4. The van der Waals surface area contributed by atoms with Crippen LogP contribution in [-0.4, -0.2) is 20.8 Å². The van der Waals surface area contributed by atoms with E-state index in [2.05, 4.69) is 13.8 Å². The molecule has 18 heavy (non-hydrogen) atoms. The highest BCUT2D eigenvalue weighted by atomic mass is 16.5. The van der Waals surface area contributed by atoms with E-state index in [0.29, 0.717) is 12.5 Å². The molecule has 0 saturated carbocycles. The van der Waals surface area contributed by atoms with Gasteiger partial charge in [-0.3, -0.25) is 0 Å². The number of rotatable bonds is 6. The molecule has 0 fully saturated rings. The molecular weight excluding hydrogens is 228 g/mol. The lowest BCUT2D eigenvalue weighted by molar-refractivity contribution is 0.319. The highest BCUT2D eigenvalue weighted by molar-refractivity contribution is 5.42. The second kappa shape index (κ2) is 6.61. The molecule has 102 valence electrons. The van der Waals surface area contributed by atoms with Gasteiger partial charge < -0.3 is 20.9 Å². The van der Waals surface area contributed by atoms with Crippen LogP contribution in [0.4, 0.5) is 0 Å². The average Bonchev–Trinajstić information content (AvgIpc) is 2.38. The van der Waals surface area contributed by atoms with Crippen LogP contribution in [0.5, 0.6) is 11.5 Å². The van der Waals surface area contributed by atoms with E-state index in [-0.39, 0.29) is 12.0 Å². The van der Waals surface area contributed by atoms with Gasteiger partial charge in [-0.2, -0.15) is 0 Å². The molecule has 0 aliphatic rings. The van der Waals surface area contributed by atoms with Gasteiger partial charge in [-0.15, -0.1) is 0 Å². The van der Waals surface area contributed by atoms with Gasteiger partial charge in [0.05, 0.1) is 14.2 Å². The summed E-state index contributed by atoms with van der Waals surface area (Å²) in [5.41, 5.74) is 13.1. The third kappa shape index (κ3) is 3.15. The Kier molecular flexibility index (Phi) is 5.44. The van der Waals surface area contributed by atoms with Crippen LogP contribution in [0.3, 0.4) is 0 Å². The van der Waals surface area contributed by atoms with E-state index in [0.717, 1.165) is 17.1 Å². The monoisotopic (exact) mass is 252 g/mol. The van der Waals surface area contributed by atoms with Crippen molar-refractivity contribution in [1.29, 1.82) is 0 Å².